The molecule has 3 nitrogen and oxygen atoms in total. The van der Waals surface area contributed by atoms with Crippen molar-refractivity contribution in [2.24, 2.45) is 11.7 Å². The summed E-state index contributed by atoms with van der Waals surface area (Å²) in [5.74, 6) is 0.588. The molecule has 20 heavy (non-hydrogen) atoms. The molecular formula is C17H26N2O. The van der Waals surface area contributed by atoms with E-state index in [0.717, 1.165) is 44.3 Å². The van der Waals surface area contributed by atoms with Crippen LogP contribution in [0.5, 0.6) is 0 Å². The molecule has 2 rings (SSSR count). The van der Waals surface area contributed by atoms with E-state index in [1.165, 1.54) is 5.56 Å². The average molecular weight is 274 g/mol. The first kappa shape index (κ1) is 15.0. The van der Waals surface area contributed by atoms with E-state index in [2.05, 4.69) is 19.1 Å². The summed E-state index contributed by atoms with van der Waals surface area (Å²) in [4.78, 5) is 14.5. The second-order valence-electron chi connectivity index (χ2n) is 5.96. The molecule has 110 valence electrons. The third kappa shape index (κ3) is 3.60. The van der Waals surface area contributed by atoms with Crippen LogP contribution in [0.2, 0.25) is 0 Å². The summed E-state index contributed by atoms with van der Waals surface area (Å²) in [7, 11) is 0. The minimum Gasteiger partial charge on any atom is -0.338 e. The minimum absolute atomic E-state index is 0.151. The normalized spacial score (nSPS) is 20.8. The van der Waals surface area contributed by atoms with Gasteiger partial charge in [-0.3, -0.25) is 4.79 Å². The molecule has 2 atom stereocenters. The Hall–Kier alpha value is -1.35. The molecular weight excluding hydrogens is 248 g/mol. The van der Waals surface area contributed by atoms with Gasteiger partial charge in [-0.15, -0.1) is 0 Å². The topological polar surface area (TPSA) is 46.3 Å². The standard InChI is InChI=1S/C17H26N2O/c1-3-5-14-7-9-15(10-8-14)17(20)19-11-4-6-16(12-19)13(2)18/h7-10,13,16H,3-6,11-12,18H2,1-2H3. The van der Waals surface area contributed by atoms with Crippen LogP contribution in [-0.2, 0) is 6.42 Å². The second-order valence-corrected chi connectivity index (χ2v) is 5.96. The van der Waals surface area contributed by atoms with Gasteiger partial charge in [-0.05, 0) is 49.8 Å². The zero-order valence-corrected chi connectivity index (χ0v) is 12.6. The van der Waals surface area contributed by atoms with Crippen LogP contribution < -0.4 is 5.73 Å². The molecule has 0 radical (unpaired) electrons. The number of rotatable bonds is 4. The molecule has 1 fully saturated rings. The van der Waals surface area contributed by atoms with E-state index in [0.29, 0.717) is 5.92 Å². The monoisotopic (exact) mass is 274 g/mol. The predicted octanol–water partition coefficient (Wildman–Crippen LogP) is 2.84. The van der Waals surface area contributed by atoms with Crippen LogP contribution in [0.15, 0.2) is 24.3 Å². The van der Waals surface area contributed by atoms with Crippen molar-refractivity contribution in [3.63, 3.8) is 0 Å². The number of aryl methyl sites for hydroxylation is 1. The fourth-order valence-corrected chi connectivity index (χ4v) is 2.91. The van der Waals surface area contributed by atoms with Gasteiger partial charge in [-0.2, -0.15) is 0 Å². The van der Waals surface area contributed by atoms with Crippen molar-refractivity contribution in [3.8, 4) is 0 Å². The van der Waals surface area contributed by atoms with Crippen LogP contribution in [-0.4, -0.2) is 29.9 Å². The molecule has 1 amide bonds. The number of benzene rings is 1. The average Bonchev–Trinajstić information content (AvgIpc) is 2.48. The van der Waals surface area contributed by atoms with Crippen LogP contribution in [0, 0.1) is 5.92 Å². The zero-order chi connectivity index (χ0) is 14.5. The molecule has 1 aliphatic rings. The highest BCUT2D eigenvalue weighted by Crippen LogP contribution is 2.20. The summed E-state index contributed by atoms with van der Waals surface area (Å²) < 4.78 is 0. The number of nitrogens with two attached hydrogens (primary N) is 1. The Labute approximate surface area is 122 Å². The number of hydrogen-bond donors (Lipinski definition) is 1. The van der Waals surface area contributed by atoms with E-state index < -0.39 is 0 Å². The molecule has 2 N–H and O–H groups in total. The van der Waals surface area contributed by atoms with Gasteiger partial charge < -0.3 is 10.6 Å². The molecule has 1 saturated heterocycles. The van der Waals surface area contributed by atoms with Crippen molar-refractivity contribution >= 4 is 5.91 Å². The quantitative estimate of drug-likeness (QED) is 0.917. The van der Waals surface area contributed by atoms with Gasteiger partial charge in [0.2, 0.25) is 0 Å². The van der Waals surface area contributed by atoms with Crippen LogP contribution in [0.25, 0.3) is 0 Å². The predicted molar refractivity (Wildman–Crippen MR) is 82.7 cm³/mol. The molecule has 1 heterocycles. The Bertz CT molecular complexity index is 439. The zero-order valence-electron chi connectivity index (χ0n) is 12.6. The summed E-state index contributed by atoms with van der Waals surface area (Å²) in [6.45, 7) is 5.87. The number of hydrogen-bond acceptors (Lipinski definition) is 2. The molecule has 1 aromatic rings. The van der Waals surface area contributed by atoms with Gasteiger partial charge in [0.05, 0.1) is 0 Å². The lowest BCUT2D eigenvalue weighted by atomic mass is 9.92. The maximum absolute atomic E-state index is 12.5. The Morgan fingerprint density at radius 1 is 1.40 bits per heavy atom. The SMILES string of the molecule is CCCc1ccc(C(=O)N2CCCC(C(C)N)C2)cc1. The van der Waals surface area contributed by atoms with Gasteiger partial charge in [0, 0.05) is 24.7 Å². The fraction of sp³-hybridized carbons (Fsp3) is 0.588. The second kappa shape index (κ2) is 6.89. The van der Waals surface area contributed by atoms with E-state index in [1.807, 2.05) is 24.0 Å². The summed E-state index contributed by atoms with van der Waals surface area (Å²) in [5.41, 5.74) is 8.09. The first-order valence-electron chi connectivity index (χ1n) is 7.75. The molecule has 1 aromatic carbocycles. The molecule has 0 bridgehead atoms. The van der Waals surface area contributed by atoms with Crippen LogP contribution in [0.4, 0.5) is 0 Å². The van der Waals surface area contributed by atoms with Gasteiger partial charge in [0.1, 0.15) is 0 Å². The maximum atomic E-state index is 12.5. The first-order valence-corrected chi connectivity index (χ1v) is 7.75. The Balaban J connectivity index is 2.02. The van der Waals surface area contributed by atoms with Crippen LogP contribution in [0.1, 0.15) is 49.0 Å². The van der Waals surface area contributed by atoms with Gasteiger partial charge in [0.15, 0.2) is 0 Å². The van der Waals surface area contributed by atoms with Crippen LogP contribution in [0.3, 0.4) is 0 Å². The smallest absolute Gasteiger partial charge is 0.253 e. The van der Waals surface area contributed by atoms with Gasteiger partial charge >= 0.3 is 0 Å². The summed E-state index contributed by atoms with van der Waals surface area (Å²) >= 11 is 0. The lowest BCUT2D eigenvalue weighted by molar-refractivity contribution is 0.0661. The molecule has 2 unspecified atom stereocenters. The van der Waals surface area contributed by atoms with E-state index in [4.69, 9.17) is 5.73 Å². The Morgan fingerprint density at radius 3 is 2.70 bits per heavy atom. The Kier molecular flexibility index (Phi) is 5.18. The highest BCUT2D eigenvalue weighted by molar-refractivity contribution is 5.94. The lowest BCUT2D eigenvalue weighted by Gasteiger charge is -2.34. The third-order valence-electron chi connectivity index (χ3n) is 4.23. The van der Waals surface area contributed by atoms with E-state index in [-0.39, 0.29) is 11.9 Å². The highest BCUT2D eigenvalue weighted by atomic mass is 16.2. The number of carbonyl (C=O) groups excluding carboxylic acids is 1. The number of nitrogens with zero attached hydrogens (tertiary/aromatic N) is 1. The molecule has 0 saturated carbocycles. The van der Waals surface area contributed by atoms with Gasteiger partial charge in [0.25, 0.3) is 5.91 Å². The van der Waals surface area contributed by atoms with Crippen LogP contribution >= 0.6 is 0 Å². The van der Waals surface area contributed by atoms with Crippen molar-refractivity contribution in [1.82, 2.24) is 4.90 Å². The van der Waals surface area contributed by atoms with Crippen molar-refractivity contribution in [2.45, 2.75) is 45.6 Å². The molecule has 0 aliphatic carbocycles. The van der Waals surface area contributed by atoms with Gasteiger partial charge in [-0.1, -0.05) is 25.5 Å². The van der Waals surface area contributed by atoms with Crippen molar-refractivity contribution in [2.75, 3.05) is 13.1 Å². The third-order valence-corrected chi connectivity index (χ3v) is 4.23. The van der Waals surface area contributed by atoms with Crippen molar-refractivity contribution in [1.29, 1.82) is 0 Å². The van der Waals surface area contributed by atoms with Gasteiger partial charge in [-0.25, -0.2) is 0 Å². The first-order chi connectivity index (χ1) is 9.61. The molecule has 0 aromatic heterocycles. The summed E-state index contributed by atoms with van der Waals surface area (Å²) in [6, 6.07) is 8.23. The largest absolute Gasteiger partial charge is 0.338 e. The van der Waals surface area contributed by atoms with E-state index in [1.54, 1.807) is 0 Å². The summed E-state index contributed by atoms with van der Waals surface area (Å²) in [6.07, 6.45) is 4.41. The number of piperidine rings is 1. The highest BCUT2D eigenvalue weighted by Gasteiger charge is 2.26. The maximum Gasteiger partial charge on any atom is 0.253 e. The molecule has 0 spiro atoms. The fourth-order valence-electron chi connectivity index (χ4n) is 2.91. The van der Waals surface area contributed by atoms with E-state index >= 15 is 0 Å². The minimum atomic E-state index is 0.151. The molecule has 1 aliphatic heterocycles. The molecule has 3 heteroatoms. The van der Waals surface area contributed by atoms with Crippen molar-refractivity contribution in [3.05, 3.63) is 35.4 Å². The Morgan fingerprint density at radius 2 is 2.10 bits per heavy atom. The number of carbonyl (C=O) groups is 1. The van der Waals surface area contributed by atoms with E-state index in [9.17, 15) is 4.79 Å². The van der Waals surface area contributed by atoms with Crippen molar-refractivity contribution < 1.29 is 4.79 Å². The summed E-state index contributed by atoms with van der Waals surface area (Å²) in [5, 5.41) is 0. The number of likely N-dealkylation sites (tertiary alicyclic amines) is 1. The lowest BCUT2D eigenvalue weighted by Crippen LogP contribution is -2.45. The number of amides is 1.